The topological polar surface area (TPSA) is 122 Å². The van der Waals surface area contributed by atoms with Crippen LogP contribution in [0.25, 0.3) is 0 Å². The Kier molecular flexibility index (Phi) is 7.26. The SMILES string of the molecule is CCNC(=O)NC(=O)C(C)OC(=O)c1ccc(S(=O)(=O)N2CCc3ccccc3C2)cc1. The van der Waals surface area contributed by atoms with Crippen LogP contribution in [-0.2, 0) is 32.5 Å². The molecule has 2 aromatic carbocycles. The lowest BCUT2D eigenvalue weighted by Crippen LogP contribution is -2.44. The van der Waals surface area contributed by atoms with Gasteiger partial charge in [0, 0.05) is 19.6 Å². The molecule has 9 nitrogen and oxygen atoms in total. The summed E-state index contributed by atoms with van der Waals surface area (Å²) in [7, 11) is -3.73. The first-order chi connectivity index (χ1) is 15.2. The number of hydrogen-bond acceptors (Lipinski definition) is 6. The van der Waals surface area contributed by atoms with E-state index in [1.165, 1.54) is 35.5 Å². The lowest BCUT2D eigenvalue weighted by atomic mass is 10.0. The number of nitrogens with one attached hydrogen (secondary N) is 2. The minimum absolute atomic E-state index is 0.0652. The second-order valence-corrected chi connectivity index (χ2v) is 9.22. The zero-order chi connectivity index (χ0) is 23.3. The van der Waals surface area contributed by atoms with Crippen molar-refractivity contribution in [1.29, 1.82) is 0 Å². The molecule has 10 heteroatoms. The number of carbonyl (C=O) groups is 3. The molecule has 1 aliphatic heterocycles. The number of imide groups is 1. The van der Waals surface area contributed by atoms with Crippen molar-refractivity contribution in [3.05, 3.63) is 65.2 Å². The summed E-state index contributed by atoms with van der Waals surface area (Å²) in [5.74, 6) is -1.58. The van der Waals surface area contributed by atoms with Crippen LogP contribution in [0.4, 0.5) is 4.79 Å². The molecule has 1 aliphatic rings. The van der Waals surface area contributed by atoms with Gasteiger partial charge in [0.15, 0.2) is 6.10 Å². The summed E-state index contributed by atoms with van der Waals surface area (Å²) in [5, 5.41) is 4.46. The highest BCUT2D eigenvalue weighted by Gasteiger charge is 2.28. The van der Waals surface area contributed by atoms with Crippen molar-refractivity contribution in [3.8, 4) is 0 Å². The first-order valence-corrected chi connectivity index (χ1v) is 11.6. The van der Waals surface area contributed by atoms with Gasteiger partial charge in [-0.15, -0.1) is 0 Å². The van der Waals surface area contributed by atoms with Crippen LogP contribution in [0.2, 0.25) is 0 Å². The molecule has 0 spiro atoms. The summed E-state index contributed by atoms with van der Waals surface area (Å²) in [5.41, 5.74) is 2.20. The molecule has 0 aromatic heterocycles. The molecular formula is C22H25N3O6S. The first kappa shape index (κ1) is 23.4. The summed E-state index contributed by atoms with van der Waals surface area (Å²) in [6.45, 7) is 4.04. The van der Waals surface area contributed by atoms with E-state index in [0.29, 0.717) is 26.1 Å². The maximum atomic E-state index is 13.0. The van der Waals surface area contributed by atoms with Gasteiger partial charge in [0.25, 0.3) is 5.91 Å². The third-order valence-electron chi connectivity index (χ3n) is 5.05. The summed E-state index contributed by atoms with van der Waals surface area (Å²) in [6.07, 6.45) is -0.572. The smallest absolute Gasteiger partial charge is 0.338 e. The van der Waals surface area contributed by atoms with Crippen LogP contribution in [0.15, 0.2) is 53.4 Å². The Bertz CT molecular complexity index is 1110. The first-order valence-electron chi connectivity index (χ1n) is 10.2. The largest absolute Gasteiger partial charge is 0.449 e. The normalized spacial score (nSPS) is 14.7. The zero-order valence-corrected chi connectivity index (χ0v) is 18.6. The molecule has 0 saturated heterocycles. The molecule has 170 valence electrons. The zero-order valence-electron chi connectivity index (χ0n) is 17.8. The van der Waals surface area contributed by atoms with E-state index in [0.717, 1.165) is 11.1 Å². The van der Waals surface area contributed by atoms with Crippen LogP contribution in [0.1, 0.15) is 35.3 Å². The highest BCUT2D eigenvalue weighted by atomic mass is 32.2. The van der Waals surface area contributed by atoms with Gasteiger partial charge in [-0.25, -0.2) is 18.0 Å². The van der Waals surface area contributed by atoms with Gasteiger partial charge in [-0.3, -0.25) is 10.1 Å². The second kappa shape index (κ2) is 9.92. The Morgan fingerprint density at radius 1 is 1.06 bits per heavy atom. The quantitative estimate of drug-likeness (QED) is 0.636. The maximum Gasteiger partial charge on any atom is 0.338 e. The van der Waals surface area contributed by atoms with E-state index in [9.17, 15) is 22.8 Å². The van der Waals surface area contributed by atoms with Gasteiger partial charge in [0.05, 0.1) is 10.5 Å². The molecule has 3 amide bonds. The molecule has 0 saturated carbocycles. The third kappa shape index (κ3) is 5.32. The molecule has 1 atom stereocenters. The number of carbonyl (C=O) groups excluding carboxylic acids is 3. The van der Waals surface area contributed by atoms with Crippen LogP contribution < -0.4 is 10.6 Å². The van der Waals surface area contributed by atoms with E-state index in [1.807, 2.05) is 24.3 Å². The second-order valence-electron chi connectivity index (χ2n) is 7.28. The molecule has 32 heavy (non-hydrogen) atoms. The monoisotopic (exact) mass is 459 g/mol. The number of esters is 1. The van der Waals surface area contributed by atoms with Gasteiger partial charge in [-0.2, -0.15) is 4.31 Å². The fraction of sp³-hybridized carbons (Fsp3) is 0.318. The van der Waals surface area contributed by atoms with Crippen LogP contribution in [0.5, 0.6) is 0 Å². The Morgan fingerprint density at radius 2 is 1.72 bits per heavy atom. The number of ether oxygens (including phenoxy) is 1. The fourth-order valence-corrected chi connectivity index (χ4v) is 4.71. The van der Waals surface area contributed by atoms with Gasteiger partial charge in [-0.05, 0) is 55.7 Å². The Labute approximate surface area is 186 Å². The van der Waals surface area contributed by atoms with E-state index in [-0.39, 0.29) is 10.5 Å². The molecule has 0 bridgehead atoms. The van der Waals surface area contributed by atoms with E-state index >= 15 is 0 Å². The number of benzene rings is 2. The number of rotatable bonds is 6. The molecule has 2 aromatic rings. The van der Waals surface area contributed by atoms with Crippen molar-refractivity contribution in [2.75, 3.05) is 13.1 Å². The number of hydrogen-bond donors (Lipinski definition) is 2. The minimum atomic E-state index is -3.73. The Morgan fingerprint density at radius 3 is 2.38 bits per heavy atom. The molecule has 1 heterocycles. The van der Waals surface area contributed by atoms with Gasteiger partial charge in [-0.1, -0.05) is 24.3 Å². The summed E-state index contributed by atoms with van der Waals surface area (Å²) in [4.78, 5) is 35.7. The van der Waals surface area contributed by atoms with Gasteiger partial charge >= 0.3 is 12.0 Å². The van der Waals surface area contributed by atoms with Crippen molar-refractivity contribution in [2.45, 2.75) is 37.8 Å². The highest BCUT2D eigenvalue weighted by molar-refractivity contribution is 7.89. The molecular weight excluding hydrogens is 434 g/mol. The number of urea groups is 1. The van der Waals surface area contributed by atoms with E-state index in [1.54, 1.807) is 6.92 Å². The van der Waals surface area contributed by atoms with Crippen molar-refractivity contribution in [2.24, 2.45) is 0 Å². The molecule has 0 aliphatic carbocycles. The Hall–Kier alpha value is -3.24. The van der Waals surface area contributed by atoms with Crippen LogP contribution in [-0.4, -0.2) is 49.8 Å². The van der Waals surface area contributed by atoms with Crippen molar-refractivity contribution in [1.82, 2.24) is 14.9 Å². The maximum absolute atomic E-state index is 13.0. The molecule has 0 radical (unpaired) electrons. The molecule has 3 rings (SSSR count). The van der Waals surface area contributed by atoms with Crippen LogP contribution in [0.3, 0.4) is 0 Å². The number of amides is 3. The van der Waals surface area contributed by atoms with E-state index in [4.69, 9.17) is 4.74 Å². The predicted molar refractivity (Wildman–Crippen MR) is 116 cm³/mol. The van der Waals surface area contributed by atoms with Crippen LogP contribution in [0, 0.1) is 0 Å². The van der Waals surface area contributed by atoms with Gasteiger partial charge < -0.3 is 10.1 Å². The lowest BCUT2D eigenvalue weighted by molar-refractivity contribution is -0.127. The average Bonchev–Trinajstić information content (AvgIpc) is 2.78. The standard InChI is InChI=1S/C22H25N3O6S/c1-3-23-22(28)24-20(26)15(2)31-21(27)17-8-10-19(11-9-17)32(29,30)25-13-12-16-6-4-5-7-18(16)14-25/h4-11,15H,3,12-14H2,1-2H3,(H2,23,24,26,28). The third-order valence-corrected chi connectivity index (χ3v) is 6.91. The van der Waals surface area contributed by atoms with Crippen molar-refractivity contribution in [3.63, 3.8) is 0 Å². The van der Waals surface area contributed by atoms with Gasteiger partial charge in [0.2, 0.25) is 10.0 Å². The van der Waals surface area contributed by atoms with E-state index < -0.39 is 34.0 Å². The molecule has 2 N–H and O–H groups in total. The molecule has 1 unspecified atom stereocenters. The summed E-state index contributed by atoms with van der Waals surface area (Å²) >= 11 is 0. The average molecular weight is 460 g/mol. The lowest BCUT2D eigenvalue weighted by Gasteiger charge is -2.28. The Balaban J connectivity index is 1.64. The number of nitrogens with zero attached hydrogens (tertiary/aromatic N) is 1. The van der Waals surface area contributed by atoms with Gasteiger partial charge in [0.1, 0.15) is 0 Å². The summed E-state index contributed by atoms with van der Waals surface area (Å²) in [6, 6.07) is 12.4. The number of fused-ring (bicyclic) bond motifs is 1. The number of sulfonamides is 1. The summed E-state index contributed by atoms with van der Waals surface area (Å²) < 4.78 is 32.5. The van der Waals surface area contributed by atoms with E-state index in [2.05, 4.69) is 10.6 Å². The van der Waals surface area contributed by atoms with Crippen LogP contribution >= 0.6 is 0 Å². The predicted octanol–water partition coefficient (Wildman–Crippen LogP) is 1.82. The minimum Gasteiger partial charge on any atom is -0.449 e. The molecule has 0 fully saturated rings. The fourth-order valence-electron chi connectivity index (χ4n) is 3.29. The highest BCUT2D eigenvalue weighted by Crippen LogP contribution is 2.25. The van der Waals surface area contributed by atoms with Crippen molar-refractivity contribution < 1.29 is 27.5 Å². The van der Waals surface area contributed by atoms with Crippen molar-refractivity contribution >= 4 is 27.9 Å².